The summed E-state index contributed by atoms with van der Waals surface area (Å²) in [7, 11) is 0. The van der Waals surface area contributed by atoms with Crippen LogP contribution < -0.4 is 5.84 Å². The number of H-pyrrole nitrogens is 1. The number of amides is 1. The molecule has 0 radical (unpaired) electrons. The zero-order valence-electron chi connectivity index (χ0n) is 13.2. The first kappa shape index (κ1) is 16.6. The fourth-order valence-electron chi connectivity index (χ4n) is 3.28. The number of aromatic nitrogens is 1. The zero-order valence-corrected chi connectivity index (χ0v) is 13.9. The minimum atomic E-state index is -0.221. The van der Waals surface area contributed by atoms with Crippen LogP contribution in [0.25, 0.3) is 21.3 Å². The standard InChI is InChI=1S/C16H19ClN6O/c17-12-4-3-11-7-15(21-14(11)8-12)16(24)23(19)13-5-1-10(2-6-13)9-20-22-18/h3-4,7-8,10,13,21H,1-2,5-6,9,19H2. The molecule has 1 aromatic carbocycles. The number of nitrogens with zero attached hydrogens (tertiary/aromatic N) is 4. The number of azide groups is 1. The van der Waals surface area contributed by atoms with Crippen molar-refractivity contribution < 1.29 is 4.79 Å². The second kappa shape index (κ2) is 7.13. The molecule has 0 saturated heterocycles. The summed E-state index contributed by atoms with van der Waals surface area (Å²) in [6.45, 7) is 0.518. The Morgan fingerprint density at radius 1 is 1.38 bits per heavy atom. The molecule has 3 rings (SSSR count). The van der Waals surface area contributed by atoms with Gasteiger partial charge in [0.2, 0.25) is 0 Å². The van der Waals surface area contributed by atoms with E-state index >= 15 is 0 Å². The number of benzene rings is 1. The van der Waals surface area contributed by atoms with Gasteiger partial charge in [-0.25, -0.2) is 5.84 Å². The fraction of sp³-hybridized carbons (Fsp3) is 0.438. The first-order valence-electron chi connectivity index (χ1n) is 7.96. The Morgan fingerprint density at radius 3 is 2.83 bits per heavy atom. The average molecular weight is 347 g/mol. The molecule has 0 spiro atoms. The van der Waals surface area contributed by atoms with Gasteiger partial charge < -0.3 is 4.98 Å². The first-order chi connectivity index (χ1) is 11.6. The number of halogens is 1. The maximum atomic E-state index is 12.6. The van der Waals surface area contributed by atoms with Crippen LogP contribution in [0.15, 0.2) is 29.4 Å². The van der Waals surface area contributed by atoms with Crippen molar-refractivity contribution in [1.29, 1.82) is 0 Å². The molecular weight excluding hydrogens is 328 g/mol. The lowest BCUT2D eigenvalue weighted by Gasteiger charge is -2.33. The predicted octanol–water partition coefficient (Wildman–Crippen LogP) is 4.01. The lowest BCUT2D eigenvalue weighted by atomic mass is 9.86. The van der Waals surface area contributed by atoms with Crippen LogP contribution in [-0.2, 0) is 0 Å². The van der Waals surface area contributed by atoms with E-state index in [4.69, 9.17) is 23.0 Å². The van der Waals surface area contributed by atoms with Crippen LogP contribution >= 0.6 is 11.6 Å². The highest BCUT2D eigenvalue weighted by atomic mass is 35.5. The number of fused-ring (bicyclic) bond motifs is 1. The largest absolute Gasteiger partial charge is 0.350 e. The van der Waals surface area contributed by atoms with E-state index < -0.39 is 0 Å². The Morgan fingerprint density at radius 2 is 2.12 bits per heavy atom. The molecule has 2 aromatic rings. The summed E-state index contributed by atoms with van der Waals surface area (Å²) in [5.41, 5.74) is 9.67. The van der Waals surface area contributed by atoms with E-state index in [1.165, 1.54) is 5.01 Å². The molecule has 1 saturated carbocycles. The molecule has 1 amide bonds. The highest BCUT2D eigenvalue weighted by molar-refractivity contribution is 6.31. The molecule has 1 heterocycles. The van der Waals surface area contributed by atoms with Crippen molar-refractivity contribution in [2.75, 3.05) is 6.54 Å². The maximum Gasteiger partial charge on any atom is 0.284 e. The van der Waals surface area contributed by atoms with Gasteiger partial charge in [-0.3, -0.25) is 9.80 Å². The monoisotopic (exact) mass is 346 g/mol. The van der Waals surface area contributed by atoms with Gasteiger partial charge in [0.05, 0.1) is 0 Å². The molecule has 1 aliphatic carbocycles. The molecular formula is C16H19ClN6O. The number of nitrogens with two attached hydrogens (primary N) is 1. The van der Waals surface area contributed by atoms with Crippen LogP contribution in [0, 0.1) is 5.92 Å². The Bertz CT molecular complexity index is 789. The van der Waals surface area contributed by atoms with E-state index in [0.717, 1.165) is 36.6 Å². The van der Waals surface area contributed by atoms with Gasteiger partial charge >= 0.3 is 0 Å². The summed E-state index contributed by atoms with van der Waals surface area (Å²) in [4.78, 5) is 18.5. The van der Waals surface area contributed by atoms with Crippen molar-refractivity contribution in [2.45, 2.75) is 31.7 Å². The number of nitrogens with one attached hydrogen (secondary N) is 1. The number of hydrogen-bond donors (Lipinski definition) is 2. The third-order valence-electron chi connectivity index (χ3n) is 4.66. The van der Waals surface area contributed by atoms with Crippen molar-refractivity contribution in [3.63, 3.8) is 0 Å². The van der Waals surface area contributed by atoms with Gasteiger partial charge in [-0.1, -0.05) is 22.8 Å². The molecule has 0 unspecified atom stereocenters. The smallest absolute Gasteiger partial charge is 0.284 e. The number of hydrogen-bond acceptors (Lipinski definition) is 3. The van der Waals surface area contributed by atoms with Gasteiger partial charge in [0, 0.05) is 33.4 Å². The Kier molecular flexibility index (Phi) is 4.94. The highest BCUT2D eigenvalue weighted by Crippen LogP contribution is 2.28. The number of carbonyl (C=O) groups is 1. The summed E-state index contributed by atoms with van der Waals surface area (Å²) in [5, 5.41) is 6.50. The summed E-state index contributed by atoms with van der Waals surface area (Å²) in [5.74, 6) is 6.24. The molecule has 1 aliphatic rings. The van der Waals surface area contributed by atoms with E-state index in [9.17, 15) is 4.79 Å². The lowest BCUT2D eigenvalue weighted by molar-refractivity contribution is 0.0606. The van der Waals surface area contributed by atoms with Crippen molar-refractivity contribution in [3.8, 4) is 0 Å². The van der Waals surface area contributed by atoms with Crippen LogP contribution in [0.4, 0.5) is 0 Å². The van der Waals surface area contributed by atoms with Crippen molar-refractivity contribution in [1.82, 2.24) is 9.99 Å². The quantitative estimate of drug-likeness (QED) is 0.218. The summed E-state index contributed by atoms with van der Waals surface area (Å²) in [6.07, 6.45) is 3.46. The van der Waals surface area contributed by atoms with E-state index in [1.54, 1.807) is 18.2 Å². The predicted molar refractivity (Wildman–Crippen MR) is 93.4 cm³/mol. The molecule has 0 bridgehead atoms. The van der Waals surface area contributed by atoms with Gasteiger partial charge in [0.15, 0.2) is 0 Å². The van der Waals surface area contributed by atoms with Gasteiger partial charge in [-0.05, 0) is 55.3 Å². The van der Waals surface area contributed by atoms with Gasteiger partial charge in [-0.2, -0.15) is 0 Å². The van der Waals surface area contributed by atoms with Crippen LogP contribution in [0.1, 0.15) is 36.2 Å². The second-order valence-electron chi connectivity index (χ2n) is 6.21. The van der Waals surface area contributed by atoms with E-state index in [0.29, 0.717) is 23.2 Å². The first-order valence-corrected chi connectivity index (χ1v) is 8.33. The molecule has 1 aromatic heterocycles. The molecule has 126 valence electrons. The van der Waals surface area contributed by atoms with E-state index in [-0.39, 0.29) is 11.9 Å². The fourth-order valence-corrected chi connectivity index (χ4v) is 3.45. The topological polar surface area (TPSA) is 111 Å². The number of rotatable bonds is 4. The molecule has 7 nitrogen and oxygen atoms in total. The minimum Gasteiger partial charge on any atom is -0.350 e. The number of aromatic amines is 1. The summed E-state index contributed by atoms with van der Waals surface area (Å²) in [6, 6.07) is 7.25. The highest BCUT2D eigenvalue weighted by Gasteiger charge is 2.28. The molecule has 1 fully saturated rings. The zero-order chi connectivity index (χ0) is 17.1. The lowest BCUT2D eigenvalue weighted by Crippen LogP contribution is -2.47. The Labute approximate surface area is 144 Å². The molecule has 3 N–H and O–H groups in total. The van der Waals surface area contributed by atoms with Crippen molar-refractivity contribution in [2.24, 2.45) is 16.9 Å². The SMILES string of the molecule is [N-]=[N+]=NCC1CCC(N(N)C(=O)c2cc3ccc(Cl)cc3[nH]2)CC1. The van der Waals surface area contributed by atoms with Gasteiger partial charge in [0.1, 0.15) is 5.69 Å². The number of hydrazine groups is 1. The molecule has 24 heavy (non-hydrogen) atoms. The summed E-state index contributed by atoms with van der Waals surface area (Å²) < 4.78 is 0. The van der Waals surface area contributed by atoms with Crippen LogP contribution in [-0.4, -0.2) is 28.5 Å². The van der Waals surface area contributed by atoms with E-state index in [1.807, 2.05) is 6.07 Å². The molecule has 0 aliphatic heterocycles. The van der Waals surface area contributed by atoms with Gasteiger partial charge in [-0.15, -0.1) is 0 Å². The third-order valence-corrected chi connectivity index (χ3v) is 4.90. The second-order valence-corrected chi connectivity index (χ2v) is 6.65. The van der Waals surface area contributed by atoms with Crippen molar-refractivity contribution in [3.05, 3.63) is 45.4 Å². The average Bonchev–Trinajstić information content (AvgIpc) is 3.02. The minimum absolute atomic E-state index is 0.00909. The van der Waals surface area contributed by atoms with Crippen LogP contribution in [0.2, 0.25) is 5.02 Å². The van der Waals surface area contributed by atoms with E-state index in [2.05, 4.69) is 15.0 Å². The third kappa shape index (κ3) is 3.48. The Balaban J connectivity index is 1.67. The molecule has 8 heteroatoms. The van der Waals surface area contributed by atoms with Gasteiger partial charge in [0.25, 0.3) is 5.91 Å². The number of carbonyl (C=O) groups excluding carboxylic acids is 1. The van der Waals surface area contributed by atoms with Crippen LogP contribution in [0.5, 0.6) is 0 Å². The maximum absolute atomic E-state index is 12.6. The summed E-state index contributed by atoms with van der Waals surface area (Å²) >= 11 is 5.97. The van der Waals surface area contributed by atoms with Crippen molar-refractivity contribution >= 4 is 28.4 Å². The normalized spacial score (nSPS) is 20.6. The molecule has 0 atom stereocenters. The Hall–Kier alpha value is -2.21. The van der Waals surface area contributed by atoms with Crippen LogP contribution in [0.3, 0.4) is 0 Å².